The van der Waals surface area contributed by atoms with Crippen molar-refractivity contribution in [2.75, 3.05) is 32.7 Å². The minimum absolute atomic E-state index is 0.0891. The Morgan fingerprint density at radius 3 is 2.61 bits per heavy atom. The molecule has 0 radical (unpaired) electrons. The number of aliphatic hydroxyl groups is 2. The second-order valence-electron chi connectivity index (χ2n) is 7.17. The Labute approximate surface area is 165 Å². The predicted molar refractivity (Wildman–Crippen MR) is 107 cm³/mol. The van der Waals surface area contributed by atoms with Gasteiger partial charge in [-0.05, 0) is 41.3 Å². The maximum atomic E-state index is 10.1. The van der Waals surface area contributed by atoms with Crippen LogP contribution in [0.1, 0.15) is 35.6 Å². The zero-order chi connectivity index (χ0) is 19.9. The zero-order valence-electron chi connectivity index (χ0n) is 16.2. The number of methoxy groups -OCH3 is 1. The van der Waals surface area contributed by atoms with Crippen LogP contribution in [0.4, 0.5) is 5.69 Å². The third kappa shape index (κ3) is 5.45. The summed E-state index contributed by atoms with van der Waals surface area (Å²) in [7, 11) is 1.65. The number of anilines is 1. The molecule has 0 bridgehead atoms. The quantitative estimate of drug-likeness (QED) is 0.476. The van der Waals surface area contributed by atoms with Crippen LogP contribution in [0.25, 0.3) is 0 Å². The fourth-order valence-corrected chi connectivity index (χ4v) is 3.47. The van der Waals surface area contributed by atoms with E-state index in [1.807, 2.05) is 42.5 Å². The summed E-state index contributed by atoms with van der Waals surface area (Å²) in [5.41, 5.74) is 10.0. The van der Waals surface area contributed by atoms with Crippen molar-refractivity contribution in [3.63, 3.8) is 0 Å². The first-order chi connectivity index (χ1) is 13.6. The lowest BCUT2D eigenvalue weighted by Crippen LogP contribution is -2.33. The monoisotopic (exact) mass is 387 g/mol. The molecule has 3 atom stereocenters. The first-order valence-corrected chi connectivity index (χ1v) is 9.62. The fraction of sp³-hybridized carbons (Fsp3) is 0.455. The highest BCUT2D eigenvalue weighted by molar-refractivity contribution is 5.51. The molecule has 0 aliphatic carbocycles. The molecule has 1 unspecified atom stereocenters. The van der Waals surface area contributed by atoms with Crippen LogP contribution in [0.2, 0.25) is 0 Å². The number of benzene rings is 2. The first kappa shape index (κ1) is 20.6. The normalized spacial score (nSPS) is 22.2. The third-order valence-corrected chi connectivity index (χ3v) is 4.99. The fourth-order valence-electron chi connectivity index (χ4n) is 3.47. The molecule has 2 aromatic rings. The van der Waals surface area contributed by atoms with E-state index in [0.29, 0.717) is 32.5 Å². The number of aliphatic hydroxyl groups excluding tert-OH is 2. The smallest absolute Gasteiger partial charge is 0.119 e. The Morgan fingerprint density at radius 2 is 1.89 bits per heavy atom. The molecule has 1 heterocycles. The van der Waals surface area contributed by atoms with Gasteiger partial charge >= 0.3 is 0 Å². The Balaban J connectivity index is 1.69. The van der Waals surface area contributed by atoms with E-state index in [4.69, 9.17) is 19.9 Å². The van der Waals surface area contributed by atoms with Gasteiger partial charge in [0.05, 0.1) is 31.5 Å². The van der Waals surface area contributed by atoms with Gasteiger partial charge in [0.1, 0.15) is 12.4 Å². The number of nitrogen functional groups attached to an aromatic ring is 1. The molecular formula is C22H29NO5. The summed E-state index contributed by atoms with van der Waals surface area (Å²) < 4.78 is 16.5. The highest BCUT2D eigenvalue weighted by atomic mass is 16.5. The lowest BCUT2D eigenvalue weighted by molar-refractivity contribution is -0.113. The number of ether oxygens (including phenoxy) is 3. The molecule has 6 nitrogen and oxygen atoms in total. The van der Waals surface area contributed by atoms with Gasteiger partial charge in [0, 0.05) is 25.6 Å². The average molecular weight is 387 g/mol. The number of nitrogens with two attached hydrogens (primary N) is 1. The maximum absolute atomic E-state index is 10.1. The van der Waals surface area contributed by atoms with Crippen molar-refractivity contribution in [1.82, 2.24) is 0 Å². The predicted octanol–water partition coefficient (Wildman–Crippen LogP) is 2.46. The molecule has 6 heteroatoms. The van der Waals surface area contributed by atoms with E-state index < -0.39 is 6.10 Å². The summed E-state index contributed by atoms with van der Waals surface area (Å²) in [6, 6.07) is 13.8. The number of hydrogen-bond donors (Lipinski definition) is 3. The van der Waals surface area contributed by atoms with Crippen molar-refractivity contribution in [3.05, 3.63) is 59.2 Å². The van der Waals surface area contributed by atoms with Gasteiger partial charge in [-0.3, -0.25) is 0 Å². The van der Waals surface area contributed by atoms with Crippen molar-refractivity contribution in [2.45, 2.75) is 37.6 Å². The average Bonchev–Trinajstić information content (AvgIpc) is 2.70. The van der Waals surface area contributed by atoms with E-state index in [0.717, 1.165) is 28.1 Å². The van der Waals surface area contributed by atoms with Crippen LogP contribution in [0.3, 0.4) is 0 Å². The SMILES string of the molecule is COCCOc1ccc(Cc2cc([C@H]3CC(O)C[C@@H](CO)O3)ccc2N)cc1. The second-order valence-corrected chi connectivity index (χ2v) is 7.17. The summed E-state index contributed by atoms with van der Waals surface area (Å²) in [6.07, 6.45) is 0.636. The topological polar surface area (TPSA) is 94.2 Å². The van der Waals surface area contributed by atoms with E-state index in [2.05, 4.69) is 0 Å². The first-order valence-electron chi connectivity index (χ1n) is 9.62. The highest BCUT2D eigenvalue weighted by Crippen LogP contribution is 2.33. The minimum Gasteiger partial charge on any atom is -0.491 e. The van der Waals surface area contributed by atoms with E-state index >= 15 is 0 Å². The van der Waals surface area contributed by atoms with E-state index in [1.54, 1.807) is 7.11 Å². The van der Waals surface area contributed by atoms with Gasteiger partial charge in [-0.15, -0.1) is 0 Å². The zero-order valence-corrected chi connectivity index (χ0v) is 16.2. The Hall–Kier alpha value is -2.12. The minimum atomic E-state index is -0.470. The molecule has 1 aliphatic heterocycles. The van der Waals surface area contributed by atoms with Crippen LogP contribution in [-0.2, 0) is 15.9 Å². The van der Waals surface area contributed by atoms with Gasteiger partial charge < -0.3 is 30.2 Å². The van der Waals surface area contributed by atoms with Crippen molar-refractivity contribution in [1.29, 1.82) is 0 Å². The number of rotatable bonds is 8. The van der Waals surface area contributed by atoms with Crippen LogP contribution < -0.4 is 10.5 Å². The molecule has 0 spiro atoms. The van der Waals surface area contributed by atoms with E-state index in [1.165, 1.54) is 0 Å². The van der Waals surface area contributed by atoms with Crippen molar-refractivity contribution in [3.8, 4) is 5.75 Å². The van der Waals surface area contributed by atoms with Crippen molar-refractivity contribution < 1.29 is 24.4 Å². The van der Waals surface area contributed by atoms with Crippen molar-refractivity contribution in [2.24, 2.45) is 0 Å². The van der Waals surface area contributed by atoms with Gasteiger partial charge in [-0.2, -0.15) is 0 Å². The summed E-state index contributed by atoms with van der Waals surface area (Å²) in [5.74, 6) is 0.808. The molecule has 1 saturated heterocycles. The highest BCUT2D eigenvalue weighted by Gasteiger charge is 2.29. The third-order valence-electron chi connectivity index (χ3n) is 4.99. The molecule has 1 fully saturated rings. The molecule has 152 valence electrons. The molecule has 2 aromatic carbocycles. The van der Waals surface area contributed by atoms with Crippen LogP contribution in [-0.4, -0.2) is 49.4 Å². The van der Waals surface area contributed by atoms with Gasteiger partial charge in [0.15, 0.2) is 0 Å². The maximum Gasteiger partial charge on any atom is 0.119 e. The molecule has 3 rings (SSSR count). The number of hydrogen-bond acceptors (Lipinski definition) is 6. The summed E-state index contributed by atoms with van der Waals surface area (Å²) in [6.45, 7) is 0.987. The van der Waals surface area contributed by atoms with Crippen LogP contribution >= 0.6 is 0 Å². The van der Waals surface area contributed by atoms with Crippen molar-refractivity contribution >= 4 is 5.69 Å². The van der Waals surface area contributed by atoms with E-state index in [-0.39, 0.29) is 18.8 Å². The Bertz CT molecular complexity index is 749. The molecule has 0 aromatic heterocycles. The molecule has 28 heavy (non-hydrogen) atoms. The second kappa shape index (κ2) is 9.89. The largest absolute Gasteiger partial charge is 0.491 e. The summed E-state index contributed by atoms with van der Waals surface area (Å²) in [4.78, 5) is 0. The standard InChI is InChI=1S/C22H29NO5/c1-26-8-9-27-19-5-2-15(3-6-19)10-17-11-16(4-7-21(17)23)22-13-18(25)12-20(14-24)28-22/h2-7,11,18,20,22,24-25H,8-10,12-14,23H2,1H3/t18?,20-,22+/m0/s1. The molecular weight excluding hydrogens is 358 g/mol. The van der Waals surface area contributed by atoms with Gasteiger partial charge in [-0.1, -0.05) is 24.3 Å². The molecule has 0 amide bonds. The lowest BCUT2D eigenvalue weighted by Gasteiger charge is -2.32. The molecule has 1 aliphatic rings. The Kier molecular flexibility index (Phi) is 7.28. The van der Waals surface area contributed by atoms with Crippen LogP contribution in [0.5, 0.6) is 5.75 Å². The van der Waals surface area contributed by atoms with Crippen LogP contribution in [0, 0.1) is 0 Å². The van der Waals surface area contributed by atoms with Gasteiger partial charge in [0.2, 0.25) is 0 Å². The molecule has 0 saturated carbocycles. The summed E-state index contributed by atoms with van der Waals surface area (Å²) in [5, 5.41) is 19.5. The van der Waals surface area contributed by atoms with E-state index in [9.17, 15) is 10.2 Å². The van der Waals surface area contributed by atoms with Gasteiger partial charge in [-0.25, -0.2) is 0 Å². The molecule has 4 N–H and O–H groups in total. The Morgan fingerprint density at radius 1 is 1.11 bits per heavy atom. The lowest BCUT2D eigenvalue weighted by atomic mass is 9.93. The van der Waals surface area contributed by atoms with Gasteiger partial charge in [0.25, 0.3) is 0 Å². The summed E-state index contributed by atoms with van der Waals surface area (Å²) >= 11 is 0. The van der Waals surface area contributed by atoms with Crippen LogP contribution in [0.15, 0.2) is 42.5 Å².